The second kappa shape index (κ2) is 6.43. The molecule has 1 aromatic rings. The summed E-state index contributed by atoms with van der Waals surface area (Å²) in [4.78, 5) is 36.3. The van der Waals surface area contributed by atoms with E-state index in [4.69, 9.17) is 5.11 Å². The summed E-state index contributed by atoms with van der Waals surface area (Å²) in [5.41, 5.74) is -0.809. The standard InChI is InChI=1S/C14H20N2O5/c1-14(2,3)6-9(13(20)21)7-15-12(19)8-4-10(17)16-11(18)5-8/h4-5,9H,6-7H2,1-3H3,(H,15,19)(H,20,21)(H2,16,17,18). The first-order valence-corrected chi connectivity index (χ1v) is 6.53. The first-order chi connectivity index (χ1) is 9.58. The largest absolute Gasteiger partial charge is 0.494 e. The zero-order valence-corrected chi connectivity index (χ0v) is 12.3. The van der Waals surface area contributed by atoms with E-state index in [0.717, 1.165) is 12.1 Å². The lowest BCUT2D eigenvalue weighted by atomic mass is 9.84. The third kappa shape index (κ3) is 5.68. The van der Waals surface area contributed by atoms with Gasteiger partial charge in [0.15, 0.2) is 5.88 Å². The summed E-state index contributed by atoms with van der Waals surface area (Å²) in [7, 11) is 0. The van der Waals surface area contributed by atoms with Crippen LogP contribution in [0.2, 0.25) is 0 Å². The molecule has 0 fully saturated rings. The van der Waals surface area contributed by atoms with Crippen LogP contribution in [-0.4, -0.2) is 33.6 Å². The molecule has 0 aliphatic heterocycles. The number of hydrogen-bond acceptors (Lipinski definition) is 4. The molecule has 1 aromatic heterocycles. The van der Waals surface area contributed by atoms with Crippen molar-refractivity contribution in [3.8, 4) is 5.88 Å². The number of pyridine rings is 1. The summed E-state index contributed by atoms with van der Waals surface area (Å²) in [5.74, 6) is -2.72. The third-order valence-electron chi connectivity index (χ3n) is 2.81. The van der Waals surface area contributed by atoms with Crippen molar-refractivity contribution in [1.29, 1.82) is 0 Å². The van der Waals surface area contributed by atoms with Crippen molar-refractivity contribution in [2.75, 3.05) is 6.54 Å². The Morgan fingerprint density at radius 3 is 2.43 bits per heavy atom. The number of carbonyl (C=O) groups is 2. The number of aromatic amines is 1. The molecule has 21 heavy (non-hydrogen) atoms. The molecule has 4 N–H and O–H groups in total. The molecular formula is C14H20N2O5. The highest BCUT2D eigenvalue weighted by atomic mass is 16.4. The van der Waals surface area contributed by atoms with Crippen LogP contribution >= 0.6 is 0 Å². The van der Waals surface area contributed by atoms with E-state index in [2.05, 4.69) is 10.3 Å². The van der Waals surface area contributed by atoms with Gasteiger partial charge in [-0.05, 0) is 11.8 Å². The van der Waals surface area contributed by atoms with Gasteiger partial charge in [0.2, 0.25) is 0 Å². The van der Waals surface area contributed by atoms with Crippen LogP contribution in [0.3, 0.4) is 0 Å². The van der Waals surface area contributed by atoms with Gasteiger partial charge in [-0.3, -0.25) is 19.4 Å². The number of H-pyrrole nitrogens is 1. The molecule has 0 bridgehead atoms. The van der Waals surface area contributed by atoms with Gasteiger partial charge in [0.05, 0.1) is 11.5 Å². The van der Waals surface area contributed by atoms with Crippen LogP contribution in [0, 0.1) is 11.3 Å². The maximum Gasteiger partial charge on any atom is 0.308 e. The van der Waals surface area contributed by atoms with Crippen molar-refractivity contribution in [3.05, 3.63) is 28.0 Å². The predicted molar refractivity (Wildman–Crippen MR) is 76.3 cm³/mol. The number of aromatic nitrogens is 1. The van der Waals surface area contributed by atoms with Crippen molar-refractivity contribution in [2.24, 2.45) is 11.3 Å². The highest BCUT2D eigenvalue weighted by Crippen LogP contribution is 2.24. The van der Waals surface area contributed by atoms with Gasteiger partial charge in [-0.2, -0.15) is 0 Å². The van der Waals surface area contributed by atoms with E-state index in [1.165, 1.54) is 0 Å². The molecule has 1 atom stereocenters. The van der Waals surface area contributed by atoms with Crippen LogP contribution < -0.4 is 10.9 Å². The highest BCUT2D eigenvalue weighted by molar-refractivity contribution is 5.94. The Morgan fingerprint density at radius 2 is 1.95 bits per heavy atom. The summed E-state index contributed by atoms with van der Waals surface area (Å²) in [6.07, 6.45) is 0.406. The smallest absolute Gasteiger partial charge is 0.308 e. The molecule has 1 amide bonds. The molecule has 7 heteroatoms. The van der Waals surface area contributed by atoms with Gasteiger partial charge in [0.1, 0.15) is 0 Å². The van der Waals surface area contributed by atoms with Crippen molar-refractivity contribution >= 4 is 11.9 Å². The average molecular weight is 296 g/mol. The molecule has 0 radical (unpaired) electrons. The lowest BCUT2D eigenvalue weighted by Crippen LogP contribution is -2.35. The predicted octanol–water partition coefficient (Wildman–Crippen LogP) is 0.947. The van der Waals surface area contributed by atoms with Crippen LogP contribution in [0.1, 0.15) is 37.6 Å². The molecule has 0 saturated carbocycles. The molecule has 1 heterocycles. The SMILES string of the molecule is CC(C)(C)CC(CNC(=O)c1cc(O)[nH]c(=O)c1)C(=O)O. The number of carbonyl (C=O) groups excluding carboxylic acids is 1. The van der Waals surface area contributed by atoms with E-state index in [9.17, 15) is 19.5 Å². The molecular weight excluding hydrogens is 276 g/mol. The minimum Gasteiger partial charge on any atom is -0.494 e. The Balaban J connectivity index is 2.73. The lowest BCUT2D eigenvalue weighted by molar-refractivity contribution is -0.142. The van der Waals surface area contributed by atoms with Crippen LogP contribution in [0.4, 0.5) is 0 Å². The Hall–Kier alpha value is -2.31. The van der Waals surface area contributed by atoms with Gasteiger partial charge in [-0.1, -0.05) is 20.8 Å². The molecule has 7 nitrogen and oxygen atoms in total. The normalized spacial score (nSPS) is 12.7. The monoisotopic (exact) mass is 296 g/mol. The number of aliphatic carboxylic acids is 1. The van der Waals surface area contributed by atoms with E-state index < -0.39 is 29.2 Å². The average Bonchev–Trinajstić information content (AvgIpc) is 2.31. The Kier molecular flexibility index (Phi) is 5.12. The maximum absolute atomic E-state index is 11.9. The number of carboxylic acids is 1. The number of amides is 1. The fourth-order valence-electron chi connectivity index (χ4n) is 1.96. The van der Waals surface area contributed by atoms with E-state index in [1.54, 1.807) is 0 Å². The van der Waals surface area contributed by atoms with Crippen LogP contribution in [0.15, 0.2) is 16.9 Å². The van der Waals surface area contributed by atoms with Gasteiger partial charge in [0, 0.05) is 18.7 Å². The minimum atomic E-state index is -0.987. The van der Waals surface area contributed by atoms with E-state index in [0.29, 0.717) is 6.42 Å². The fourth-order valence-corrected chi connectivity index (χ4v) is 1.96. The molecule has 0 aliphatic rings. The molecule has 0 aromatic carbocycles. The van der Waals surface area contributed by atoms with Crippen molar-refractivity contribution in [2.45, 2.75) is 27.2 Å². The zero-order chi connectivity index (χ0) is 16.2. The molecule has 1 unspecified atom stereocenters. The van der Waals surface area contributed by atoms with Crippen molar-refractivity contribution in [1.82, 2.24) is 10.3 Å². The van der Waals surface area contributed by atoms with Gasteiger partial charge >= 0.3 is 5.97 Å². The van der Waals surface area contributed by atoms with Crippen LogP contribution in [0.25, 0.3) is 0 Å². The van der Waals surface area contributed by atoms with Crippen LogP contribution in [0.5, 0.6) is 5.88 Å². The Morgan fingerprint density at radius 1 is 1.33 bits per heavy atom. The fraction of sp³-hybridized carbons (Fsp3) is 0.500. The quantitative estimate of drug-likeness (QED) is 0.645. The minimum absolute atomic E-state index is 0.0175. The van der Waals surface area contributed by atoms with Crippen molar-refractivity contribution in [3.63, 3.8) is 0 Å². The molecule has 1 rings (SSSR count). The van der Waals surface area contributed by atoms with E-state index in [1.807, 2.05) is 20.8 Å². The first-order valence-electron chi connectivity index (χ1n) is 6.53. The van der Waals surface area contributed by atoms with Gasteiger partial charge in [0.25, 0.3) is 11.5 Å². The summed E-state index contributed by atoms with van der Waals surface area (Å²) >= 11 is 0. The molecule has 0 aliphatic carbocycles. The van der Waals surface area contributed by atoms with Gasteiger partial charge < -0.3 is 15.5 Å². The summed E-state index contributed by atoms with van der Waals surface area (Å²) in [6, 6.07) is 2.14. The maximum atomic E-state index is 11.9. The van der Waals surface area contributed by atoms with Gasteiger partial charge in [-0.25, -0.2) is 0 Å². The Labute approximate surface area is 122 Å². The first kappa shape index (κ1) is 16.7. The lowest BCUT2D eigenvalue weighted by Gasteiger charge is -2.23. The van der Waals surface area contributed by atoms with E-state index in [-0.39, 0.29) is 17.5 Å². The number of rotatable bonds is 5. The number of aromatic hydroxyl groups is 1. The van der Waals surface area contributed by atoms with Crippen molar-refractivity contribution < 1.29 is 19.8 Å². The number of nitrogens with one attached hydrogen (secondary N) is 2. The topological polar surface area (TPSA) is 119 Å². The van der Waals surface area contributed by atoms with Crippen LogP contribution in [-0.2, 0) is 4.79 Å². The summed E-state index contributed by atoms with van der Waals surface area (Å²) in [5, 5.41) is 20.9. The molecule has 0 spiro atoms. The molecule has 0 saturated heterocycles. The molecule has 116 valence electrons. The highest BCUT2D eigenvalue weighted by Gasteiger charge is 2.25. The second-order valence-electron chi connectivity index (χ2n) is 6.13. The number of hydrogen-bond donors (Lipinski definition) is 4. The van der Waals surface area contributed by atoms with Gasteiger partial charge in [-0.15, -0.1) is 0 Å². The summed E-state index contributed by atoms with van der Waals surface area (Å²) in [6.45, 7) is 5.71. The Bertz CT molecular complexity index is 586. The number of carboxylic acid groups (broad SMARTS) is 1. The third-order valence-corrected chi connectivity index (χ3v) is 2.81. The summed E-state index contributed by atoms with van der Waals surface area (Å²) < 4.78 is 0. The zero-order valence-electron chi connectivity index (χ0n) is 12.3. The second-order valence-corrected chi connectivity index (χ2v) is 6.13. The van der Waals surface area contributed by atoms with E-state index >= 15 is 0 Å².